The van der Waals surface area contributed by atoms with Crippen molar-refractivity contribution in [3.63, 3.8) is 0 Å². The van der Waals surface area contributed by atoms with Gasteiger partial charge in [0.1, 0.15) is 0 Å². The number of Topliss-reactive ketones (excluding diaryl/α,β-unsaturated/α-hetero) is 1. The Bertz CT molecular complexity index is 717. The molecule has 0 aromatic heterocycles. The van der Waals surface area contributed by atoms with E-state index in [-0.39, 0.29) is 17.9 Å². The van der Waals surface area contributed by atoms with Gasteiger partial charge in [-0.25, -0.2) is 4.79 Å². The second kappa shape index (κ2) is 8.41. The summed E-state index contributed by atoms with van der Waals surface area (Å²) in [6.45, 7) is 0.0937. The van der Waals surface area contributed by atoms with Crippen LogP contribution in [0.15, 0.2) is 59.9 Å². The van der Waals surface area contributed by atoms with Crippen LogP contribution in [-0.4, -0.2) is 45.5 Å². The molecule has 0 N–H and O–H groups in total. The molecule has 0 heterocycles. The molecule has 0 saturated heterocycles. The SMILES string of the molecule is COC(=O)C1=CC(OC)(OC/C=C/c2ccccc2)C(=O)C(OC)=C1. The maximum atomic E-state index is 12.6. The predicted molar refractivity (Wildman–Crippen MR) is 91.4 cm³/mol. The Morgan fingerprint density at radius 2 is 1.88 bits per heavy atom. The van der Waals surface area contributed by atoms with Gasteiger partial charge in [0, 0.05) is 7.11 Å². The van der Waals surface area contributed by atoms with Crippen molar-refractivity contribution in [3.8, 4) is 0 Å². The van der Waals surface area contributed by atoms with Crippen LogP contribution in [0.25, 0.3) is 6.08 Å². The van der Waals surface area contributed by atoms with Gasteiger partial charge < -0.3 is 18.9 Å². The van der Waals surface area contributed by atoms with Gasteiger partial charge in [-0.1, -0.05) is 42.5 Å². The number of hydrogen-bond donors (Lipinski definition) is 0. The van der Waals surface area contributed by atoms with E-state index in [1.54, 1.807) is 6.08 Å². The van der Waals surface area contributed by atoms with Gasteiger partial charge in [0.15, 0.2) is 5.76 Å². The van der Waals surface area contributed by atoms with E-state index >= 15 is 0 Å². The molecule has 0 spiro atoms. The number of benzene rings is 1. The molecule has 1 unspecified atom stereocenters. The van der Waals surface area contributed by atoms with Gasteiger partial charge in [-0.3, -0.25) is 4.79 Å². The van der Waals surface area contributed by atoms with E-state index in [1.807, 2.05) is 36.4 Å². The van der Waals surface area contributed by atoms with Crippen LogP contribution in [0.1, 0.15) is 5.56 Å². The zero-order chi connectivity index (χ0) is 18.3. The average molecular weight is 344 g/mol. The van der Waals surface area contributed by atoms with E-state index in [2.05, 4.69) is 0 Å². The van der Waals surface area contributed by atoms with E-state index in [0.717, 1.165) is 5.56 Å². The van der Waals surface area contributed by atoms with Crippen molar-refractivity contribution in [2.75, 3.05) is 27.9 Å². The molecule has 0 aliphatic heterocycles. The van der Waals surface area contributed by atoms with E-state index in [4.69, 9.17) is 18.9 Å². The molecule has 0 fully saturated rings. The molecule has 6 heteroatoms. The van der Waals surface area contributed by atoms with E-state index in [9.17, 15) is 9.59 Å². The van der Waals surface area contributed by atoms with Crippen LogP contribution in [-0.2, 0) is 28.5 Å². The summed E-state index contributed by atoms with van der Waals surface area (Å²) in [5.74, 6) is -2.94. The molecule has 0 amide bonds. The number of methoxy groups -OCH3 is 3. The first-order valence-corrected chi connectivity index (χ1v) is 7.58. The van der Waals surface area contributed by atoms with Gasteiger partial charge in [-0.05, 0) is 17.7 Å². The van der Waals surface area contributed by atoms with Crippen molar-refractivity contribution in [2.45, 2.75) is 5.79 Å². The molecular weight excluding hydrogens is 324 g/mol. The zero-order valence-corrected chi connectivity index (χ0v) is 14.4. The second-order valence-corrected chi connectivity index (χ2v) is 5.13. The van der Waals surface area contributed by atoms with Crippen molar-refractivity contribution in [3.05, 3.63) is 65.5 Å². The molecule has 132 valence electrons. The molecule has 0 radical (unpaired) electrons. The van der Waals surface area contributed by atoms with Crippen LogP contribution < -0.4 is 0 Å². The van der Waals surface area contributed by atoms with Gasteiger partial charge in [0.2, 0.25) is 0 Å². The molecule has 1 aromatic rings. The van der Waals surface area contributed by atoms with Crippen molar-refractivity contribution in [1.82, 2.24) is 0 Å². The number of carbonyl (C=O) groups excluding carboxylic acids is 2. The van der Waals surface area contributed by atoms with E-state index < -0.39 is 17.5 Å². The van der Waals surface area contributed by atoms with Crippen molar-refractivity contribution in [1.29, 1.82) is 0 Å². The molecule has 0 saturated carbocycles. The lowest BCUT2D eigenvalue weighted by atomic mass is 9.98. The lowest BCUT2D eigenvalue weighted by Crippen LogP contribution is -2.45. The van der Waals surface area contributed by atoms with Crippen LogP contribution in [0, 0.1) is 0 Å². The Kier molecular flexibility index (Phi) is 6.27. The van der Waals surface area contributed by atoms with Crippen LogP contribution in [0.5, 0.6) is 0 Å². The Balaban J connectivity index is 2.20. The van der Waals surface area contributed by atoms with Crippen molar-refractivity contribution < 1.29 is 28.5 Å². The normalized spacial score (nSPS) is 20.2. The topological polar surface area (TPSA) is 71.1 Å². The third-order valence-electron chi connectivity index (χ3n) is 3.62. The number of carbonyl (C=O) groups is 2. The summed E-state index contributed by atoms with van der Waals surface area (Å²) in [5, 5.41) is 0. The molecule has 0 bridgehead atoms. The third-order valence-corrected chi connectivity index (χ3v) is 3.62. The first-order valence-electron chi connectivity index (χ1n) is 7.58. The minimum Gasteiger partial charge on any atom is -0.493 e. The Hall–Kier alpha value is -2.70. The van der Waals surface area contributed by atoms with Gasteiger partial charge in [-0.15, -0.1) is 0 Å². The molecule has 1 atom stereocenters. The highest BCUT2D eigenvalue weighted by Crippen LogP contribution is 2.28. The Morgan fingerprint density at radius 1 is 1.16 bits per heavy atom. The quantitative estimate of drug-likeness (QED) is 0.558. The van der Waals surface area contributed by atoms with Gasteiger partial charge in [0.25, 0.3) is 11.6 Å². The molecule has 1 aliphatic rings. The minimum absolute atomic E-state index is 0.0446. The molecule has 1 aromatic carbocycles. The molecule has 6 nitrogen and oxygen atoms in total. The highest BCUT2D eigenvalue weighted by Gasteiger charge is 2.44. The number of ether oxygens (including phenoxy) is 4. The maximum Gasteiger partial charge on any atom is 0.337 e. The first kappa shape index (κ1) is 18.6. The number of hydrogen-bond acceptors (Lipinski definition) is 6. The maximum absolute atomic E-state index is 12.6. The Morgan fingerprint density at radius 3 is 2.48 bits per heavy atom. The van der Waals surface area contributed by atoms with E-state index in [1.165, 1.54) is 33.5 Å². The number of rotatable bonds is 7. The largest absolute Gasteiger partial charge is 0.493 e. The standard InChI is InChI=1S/C19H20O6/c1-22-16-12-15(18(21)23-2)13-19(24-3,17(16)20)25-11-7-10-14-8-5-4-6-9-14/h4-10,12-13H,11H2,1-3H3/b10-7+. The summed E-state index contributed by atoms with van der Waals surface area (Å²) >= 11 is 0. The van der Waals surface area contributed by atoms with Crippen LogP contribution >= 0.6 is 0 Å². The summed E-state index contributed by atoms with van der Waals surface area (Å²) < 4.78 is 20.7. The molecule has 2 rings (SSSR count). The highest BCUT2D eigenvalue weighted by atomic mass is 16.7. The predicted octanol–water partition coefficient (Wildman–Crippen LogP) is 2.27. The summed E-state index contributed by atoms with van der Waals surface area (Å²) in [5.41, 5.74) is 1.11. The molecule has 1 aliphatic carbocycles. The summed E-state index contributed by atoms with van der Waals surface area (Å²) in [4.78, 5) is 24.4. The monoisotopic (exact) mass is 344 g/mol. The fourth-order valence-electron chi connectivity index (χ4n) is 2.32. The van der Waals surface area contributed by atoms with Gasteiger partial charge >= 0.3 is 5.97 Å². The first-order chi connectivity index (χ1) is 12.1. The lowest BCUT2D eigenvalue weighted by Gasteiger charge is -2.30. The second-order valence-electron chi connectivity index (χ2n) is 5.13. The van der Waals surface area contributed by atoms with Crippen molar-refractivity contribution >= 4 is 17.8 Å². The fraction of sp³-hybridized carbons (Fsp3) is 0.263. The number of esters is 1. The third kappa shape index (κ3) is 4.23. The molecular formula is C19H20O6. The lowest BCUT2D eigenvalue weighted by molar-refractivity contribution is -0.191. The fourth-order valence-corrected chi connectivity index (χ4v) is 2.32. The van der Waals surface area contributed by atoms with E-state index in [0.29, 0.717) is 0 Å². The molecule has 25 heavy (non-hydrogen) atoms. The van der Waals surface area contributed by atoms with Crippen LogP contribution in [0.3, 0.4) is 0 Å². The Labute approximate surface area is 146 Å². The summed E-state index contributed by atoms with van der Waals surface area (Å²) in [6, 6.07) is 9.64. The van der Waals surface area contributed by atoms with Crippen LogP contribution in [0.4, 0.5) is 0 Å². The van der Waals surface area contributed by atoms with Gasteiger partial charge in [-0.2, -0.15) is 0 Å². The highest BCUT2D eigenvalue weighted by molar-refractivity contribution is 6.06. The summed E-state index contributed by atoms with van der Waals surface area (Å²) in [7, 11) is 3.90. The summed E-state index contributed by atoms with van der Waals surface area (Å²) in [6.07, 6.45) is 6.20. The average Bonchev–Trinajstić information content (AvgIpc) is 2.66. The zero-order valence-electron chi connectivity index (χ0n) is 14.4. The smallest absolute Gasteiger partial charge is 0.337 e. The van der Waals surface area contributed by atoms with Crippen LogP contribution in [0.2, 0.25) is 0 Å². The number of ketones is 1. The van der Waals surface area contributed by atoms with Crippen molar-refractivity contribution in [2.24, 2.45) is 0 Å². The minimum atomic E-state index is -1.75. The van der Waals surface area contributed by atoms with Gasteiger partial charge in [0.05, 0.1) is 26.4 Å².